The molecule has 0 aliphatic carbocycles. The molecule has 1 aromatic rings. The van der Waals surface area contributed by atoms with Crippen LogP contribution in [0.4, 0.5) is 0 Å². The SMILES string of the molecule is O=C(O)CC1COC[C@H](NC(=O)Cc2cccs2)B(O)O1. The molecule has 2 rings (SSSR count). The van der Waals surface area contributed by atoms with Crippen LogP contribution in [-0.4, -0.2) is 54.4 Å². The molecule has 9 heteroatoms. The molecule has 0 aromatic carbocycles. The minimum atomic E-state index is -1.29. The largest absolute Gasteiger partial charge is 0.481 e. The second-order valence-corrected chi connectivity index (χ2v) is 5.75. The first-order chi connectivity index (χ1) is 10.0. The number of rotatable bonds is 5. The van der Waals surface area contributed by atoms with Crippen molar-refractivity contribution in [1.82, 2.24) is 5.32 Å². The number of amides is 1. The highest BCUT2D eigenvalue weighted by Crippen LogP contribution is 2.11. The molecule has 7 nitrogen and oxygen atoms in total. The van der Waals surface area contributed by atoms with E-state index in [9.17, 15) is 14.6 Å². The van der Waals surface area contributed by atoms with Crippen LogP contribution in [0.25, 0.3) is 0 Å². The minimum absolute atomic E-state index is 0.0701. The first-order valence-electron chi connectivity index (χ1n) is 6.49. The van der Waals surface area contributed by atoms with Crippen LogP contribution >= 0.6 is 11.3 Å². The van der Waals surface area contributed by atoms with Gasteiger partial charge < -0.3 is 24.8 Å². The maximum absolute atomic E-state index is 11.9. The fraction of sp³-hybridized carbons (Fsp3) is 0.500. The molecule has 0 saturated carbocycles. The van der Waals surface area contributed by atoms with Crippen molar-refractivity contribution < 1.29 is 29.1 Å². The summed E-state index contributed by atoms with van der Waals surface area (Å²) in [6.45, 7) is 0.147. The number of carboxylic acid groups (broad SMARTS) is 1. The average molecular weight is 313 g/mol. The highest BCUT2D eigenvalue weighted by atomic mass is 32.1. The Hall–Kier alpha value is -1.42. The van der Waals surface area contributed by atoms with Gasteiger partial charge in [-0.05, 0) is 11.4 Å². The number of aliphatic carboxylic acids is 1. The Kier molecular flexibility index (Phi) is 5.74. The van der Waals surface area contributed by atoms with E-state index >= 15 is 0 Å². The zero-order valence-corrected chi connectivity index (χ0v) is 12.0. The molecule has 1 fully saturated rings. The summed E-state index contributed by atoms with van der Waals surface area (Å²) in [6, 6.07) is 3.71. The molecule has 114 valence electrons. The van der Waals surface area contributed by atoms with Crippen LogP contribution in [0.2, 0.25) is 0 Å². The normalized spacial score (nSPS) is 22.6. The van der Waals surface area contributed by atoms with Gasteiger partial charge in [0.05, 0.1) is 38.1 Å². The van der Waals surface area contributed by atoms with E-state index in [0.717, 1.165) is 4.88 Å². The lowest BCUT2D eigenvalue weighted by Crippen LogP contribution is -2.50. The third-order valence-electron chi connectivity index (χ3n) is 2.94. The first-order valence-corrected chi connectivity index (χ1v) is 7.37. The van der Waals surface area contributed by atoms with Crippen LogP contribution in [-0.2, 0) is 25.4 Å². The van der Waals surface area contributed by atoms with Gasteiger partial charge in [-0.15, -0.1) is 11.3 Å². The number of carbonyl (C=O) groups is 2. The molecule has 1 amide bonds. The molecule has 2 heterocycles. The first kappa shape index (κ1) is 16.0. The smallest absolute Gasteiger partial charge is 0.480 e. The summed E-state index contributed by atoms with van der Waals surface area (Å²) in [5.41, 5.74) is 0. The second kappa shape index (κ2) is 7.55. The van der Waals surface area contributed by atoms with Crippen LogP contribution in [0.15, 0.2) is 17.5 Å². The lowest BCUT2D eigenvalue weighted by molar-refractivity contribution is -0.139. The maximum atomic E-state index is 11.9. The molecule has 0 spiro atoms. The number of carbonyl (C=O) groups excluding carboxylic acids is 1. The van der Waals surface area contributed by atoms with Crippen molar-refractivity contribution in [2.45, 2.75) is 24.9 Å². The molecule has 0 bridgehead atoms. The van der Waals surface area contributed by atoms with Crippen LogP contribution < -0.4 is 5.32 Å². The predicted molar refractivity (Wildman–Crippen MR) is 75.9 cm³/mol. The van der Waals surface area contributed by atoms with Gasteiger partial charge in [0.25, 0.3) is 0 Å². The highest BCUT2D eigenvalue weighted by molar-refractivity contribution is 7.10. The highest BCUT2D eigenvalue weighted by Gasteiger charge is 2.35. The van der Waals surface area contributed by atoms with Gasteiger partial charge in [-0.25, -0.2) is 0 Å². The van der Waals surface area contributed by atoms with Gasteiger partial charge in [-0.1, -0.05) is 6.07 Å². The summed E-state index contributed by atoms with van der Waals surface area (Å²) in [5.74, 6) is -1.99. The zero-order valence-electron chi connectivity index (χ0n) is 11.2. The van der Waals surface area contributed by atoms with E-state index in [2.05, 4.69) is 5.32 Å². The number of ether oxygens (including phenoxy) is 1. The summed E-state index contributed by atoms with van der Waals surface area (Å²) >= 11 is 1.47. The summed E-state index contributed by atoms with van der Waals surface area (Å²) in [5, 5.41) is 23.1. The van der Waals surface area contributed by atoms with Gasteiger partial charge >= 0.3 is 13.1 Å². The molecule has 1 aliphatic rings. The third-order valence-corrected chi connectivity index (χ3v) is 3.82. The molecule has 0 radical (unpaired) electrons. The van der Waals surface area contributed by atoms with Crippen LogP contribution in [0.5, 0.6) is 0 Å². The standard InChI is InChI=1S/C12H16BNO6S/c15-11(5-9-2-1-3-21-9)14-10-7-19-6-8(4-12(16)17)20-13(10)18/h1-3,8,10,18H,4-7H2,(H,14,15)(H,16,17)/t8?,10-/m0/s1. The Morgan fingerprint density at radius 1 is 1.48 bits per heavy atom. The zero-order chi connectivity index (χ0) is 15.2. The average Bonchev–Trinajstić information content (AvgIpc) is 2.83. The van der Waals surface area contributed by atoms with Gasteiger partial charge in [0.2, 0.25) is 5.91 Å². The summed E-state index contributed by atoms with van der Waals surface area (Å²) in [6.07, 6.45) is -0.761. The Balaban J connectivity index is 1.85. The van der Waals surface area contributed by atoms with Crippen molar-refractivity contribution in [2.75, 3.05) is 13.2 Å². The minimum Gasteiger partial charge on any atom is -0.481 e. The lowest BCUT2D eigenvalue weighted by atomic mass is 9.79. The molecular weight excluding hydrogens is 297 g/mol. The van der Waals surface area contributed by atoms with E-state index in [1.54, 1.807) is 0 Å². The van der Waals surface area contributed by atoms with Crippen molar-refractivity contribution in [2.24, 2.45) is 0 Å². The Morgan fingerprint density at radius 3 is 2.95 bits per heavy atom. The summed E-state index contributed by atoms with van der Waals surface area (Å²) in [4.78, 5) is 23.4. The van der Waals surface area contributed by atoms with Crippen molar-refractivity contribution >= 4 is 30.3 Å². The molecule has 1 saturated heterocycles. The van der Waals surface area contributed by atoms with Crippen molar-refractivity contribution in [1.29, 1.82) is 0 Å². The number of carboxylic acids is 1. The van der Waals surface area contributed by atoms with Crippen LogP contribution in [0.3, 0.4) is 0 Å². The lowest BCUT2D eigenvalue weighted by Gasteiger charge is -2.18. The maximum Gasteiger partial charge on any atom is 0.480 e. The number of nitrogens with one attached hydrogen (secondary N) is 1. The second-order valence-electron chi connectivity index (χ2n) is 4.71. The van der Waals surface area contributed by atoms with Gasteiger partial charge in [-0.3, -0.25) is 9.59 Å². The van der Waals surface area contributed by atoms with Gasteiger partial charge in [-0.2, -0.15) is 0 Å². The van der Waals surface area contributed by atoms with E-state index in [1.165, 1.54) is 11.3 Å². The van der Waals surface area contributed by atoms with Crippen molar-refractivity contribution in [3.63, 3.8) is 0 Å². The number of thiophene rings is 1. The van der Waals surface area contributed by atoms with Gasteiger partial charge in [0.1, 0.15) is 0 Å². The van der Waals surface area contributed by atoms with Crippen molar-refractivity contribution in [3.05, 3.63) is 22.4 Å². The van der Waals surface area contributed by atoms with E-state index < -0.39 is 25.1 Å². The Bertz CT molecular complexity index is 482. The van der Waals surface area contributed by atoms with Gasteiger partial charge in [0, 0.05) is 4.88 Å². The molecule has 21 heavy (non-hydrogen) atoms. The summed E-state index contributed by atoms with van der Waals surface area (Å²) < 4.78 is 10.5. The van der Waals surface area contributed by atoms with E-state index in [1.807, 2.05) is 17.5 Å². The van der Waals surface area contributed by atoms with E-state index in [4.69, 9.17) is 14.5 Å². The predicted octanol–water partition coefficient (Wildman–Crippen LogP) is -0.315. The Labute approximate surface area is 126 Å². The number of hydrogen-bond acceptors (Lipinski definition) is 6. The molecule has 1 aliphatic heterocycles. The van der Waals surface area contributed by atoms with Crippen LogP contribution in [0.1, 0.15) is 11.3 Å². The van der Waals surface area contributed by atoms with Gasteiger partial charge in [0.15, 0.2) is 0 Å². The molecule has 2 atom stereocenters. The molecule has 1 aromatic heterocycles. The topological polar surface area (TPSA) is 105 Å². The van der Waals surface area contributed by atoms with Crippen molar-refractivity contribution in [3.8, 4) is 0 Å². The molecular formula is C12H16BNO6S. The van der Waals surface area contributed by atoms with E-state index in [0.29, 0.717) is 0 Å². The molecule has 3 N–H and O–H groups in total. The van der Waals surface area contributed by atoms with E-state index in [-0.39, 0.29) is 32.0 Å². The monoisotopic (exact) mass is 313 g/mol. The third kappa shape index (κ3) is 5.12. The summed E-state index contributed by atoms with van der Waals surface area (Å²) in [7, 11) is -1.29. The molecule has 1 unspecified atom stereocenters. The fourth-order valence-electron chi connectivity index (χ4n) is 1.98. The Morgan fingerprint density at radius 2 is 2.29 bits per heavy atom. The quantitative estimate of drug-likeness (QED) is 0.644. The fourth-order valence-corrected chi connectivity index (χ4v) is 2.69. The number of hydrogen-bond donors (Lipinski definition) is 3. The van der Waals surface area contributed by atoms with Crippen LogP contribution in [0, 0.1) is 0 Å².